The summed E-state index contributed by atoms with van der Waals surface area (Å²) < 4.78 is 83.0. The maximum absolute atomic E-state index is 13.6. The predicted molar refractivity (Wildman–Crippen MR) is 131 cm³/mol. The lowest BCUT2D eigenvalue weighted by atomic mass is 9.95. The molecular weight excluding hydrogens is 536 g/mol. The molecule has 1 amide bonds. The number of hydrogen-bond donors (Lipinski definition) is 1. The molecule has 0 radical (unpaired) electrons. The average molecular weight is 563 g/mol. The maximum Gasteiger partial charge on any atom is 0.420 e. The van der Waals surface area contributed by atoms with Crippen molar-refractivity contribution in [1.82, 2.24) is 5.32 Å². The van der Waals surface area contributed by atoms with E-state index in [2.05, 4.69) is 10.2 Å². The van der Waals surface area contributed by atoms with Crippen LogP contribution in [0.15, 0.2) is 41.3 Å². The van der Waals surface area contributed by atoms with Gasteiger partial charge in [0.15, 0.2) is 21.2 Å². The summed E-state index contributed by atoms with van der Waals surface area (Å²) in [6.07, 6.45) is -0.775. The highest BCUT2D eigenvalue weighted by Gasteiger charge is 2.44. The summed E-state index contributed by atoms with van der Waals surface area (Å²) >= 11 is 5.86. The van der Waals surface area contributed by atoms with Crippen LogP contribution in [-0.4, -0.2) is 44.3 Å². The number of alkyl halides is 3. The van der Waals surface area contributed by atoms with E-state index in [1.165, 1.54) is 13.8 Å². The Morgan fingerprint density at radius 3 is 2.16 bits per heavy atom. The lowest BCUT2D eigenvalue weighted by Gasteiger charge is -2.41. The van der Waals surface area contributed by atoms with Crippen LogP contribution in [0.25, 0.3) is 0 Å². The van der Waals surface area contributed by atoms with Gasteiger partial charge in [-0.05, 0) is 75.9 Å². The summed E-state index contributed by atoms with van der Waals surface area (Å²) in [4.78, 5) is 15.6. The summed E-state index contributed by atoms with van der Waals surface area (Å²) in [6.45, 7) is 2.66. The highest BCUT2D eigenvalue weighted by atomic mass is 35.5. The molecule has 2 aromatic rings. The second-order valence-corrected chi connectivity index (χ2v) is 12.5. The van der Waals surface area contributed by atoms with Gasteiger partial charge in [0, 0.05) is 30.1 Å². The summed E-state index contributed by atoms with van der Waals surface area (Å²) in [7, 11) is -3.30. The van der Waals surface area contributed by atoms with Crippen LogP contribution in [0.3, 0.4) is 0 Å². The third-order valence-corrected chi connectivity index (χ3v) is 8.26. The van der Waals surface area contributed by atoms with Gasteiger partial charge >= 0.3 is 6.18 Å². The molecule has 0 saturated carbocycles. The molecule has 2 aromatic carbocycles. The van der Waals surface area contributed by atoms with Crippen LogP contribution in [0.5, 0.6) is 5.75 Å². The lowest BCUT2D eigenvalue weighted by Crippen LogP contribution is -2.55. The topological polar surface area (TPSA) is 75.7 Å². The van der Waals surface area contributed by atoms with Crippen LogP contribution in [0.1, 0.15) is 45.1 Å². The van der Waals surface area contributed by atoms with E-state index in [0.29, 0.717) is 18.9 Å². The molecule has 0 spiro atoms. The smallest absolute Gasteiger partial charge is 0.420 e. The Balaban J connectivity index is 1.46. The van der Waals surface area contributed by atoms with Crippen LogP contribution in [-0.2, 0) is 20.8 Å². The number of hydrogen-bond acceptors (Lipinski definition) is 5. The summed E-state index contributed by atoms with van der Waals surface area (Å²) in [5.41, 5.74) is -2.22. The molecule has 1 unspecified atom stereocenters. The molecule has 2 bridgehead atoms. The van der Waals surface area contributed by atoms with Gasteiger partial charge in [-0.25, -0.2) is 12.8 Å². The van der Waals surface area contributed by atoms with E-state index in [1.807, 2.05) is 0 Å². The number of fused-ring (bicyclic) bond motifs is 2. The van der Waals surface area contributed by atoms with Gasteiger partial charge in [0.05, 0.1) is 9.92 Å². The number of amides is 1. The third-order valence-electron chi connectivity index (χ3n) is 6.85. The van der Waals surface area contributed by atoms with Crippen molar-refractivity contribution in [2.45, 2.75) is 74.3 Å². The molecule has 0 aromatic heterocycles. The maximum atomic E-state index is 13.6. The molecule has 202 valence electrons. The van der Waals surface area contributed by atoms with E-state index in [0.717, 1.165) is 24.8 Å². The quantitative estimate of drug-likeness (QED) is 0.479. The molecule has 2 saturated heterocycles. The molecule has 2 heterocycles. The van der Waals surface area contributed by atoms with Crippen LogP contribution in [0.2, 0.25) is 5.02 Å². The van der Waals surface area contributed by atoms with Gasteiger partial charge < -0.3 is 15.0 Å². The highest BCUT2D eigenvalue weighted by Crippen LogP contribution is 2.43. The van der Waals surface area contributed by atoms with Crippen LogP contribution in [0, 0.1) is 5.82 Å². The van der Waals surface area contributed by atoms with Crippen molar-refractivity contribution in [1.29, 1.82) is 0 Å². The Morgan fingerprint density at radius 2 is 1.65 bits per heavy atom. The Morgan fingerprint density at radius 1 is 1.08 bits per heavy atom. The normalized spacial score (nSPS) is 22.2. The summed E-state index contributed by atoms with van der Waals surface area (Å²) in [5, 5.41) is 2.32. The van der Waals surface area contributed by atoms with Gasteiger partial charge in [-0.3, -0.25) is 4.79 Å². The first-order chi connectivity index (χ1) is 17.1. The Kier molecular flexibility index (Phi) is 7.17. The minimum Gasteiger partial charge on any atom is -0.476 e. The van der Waals surface area contributed by atoms with E-state index < -0.39 is 49.7 Å². The van der Waals surface area contributed by atoms with Gasteiger partial charge in [0.2, 0.25) is 0 Å². The van der Waals surface area contributed by atoms with Crippen molar-refractivity contribution in [2.75, 3.05) is 11.2 Å². The Hall–Kier alpha value is -2.53. The second-order valence-electron chi connectivity index (χ2n) is 10.1. The molecule has 37 heavy (non-hydrogen) atoms. The van der Waals surface area contributed by atoms with Gasteiger partial charge in [-0.2, -0.15) is 13.2 Å². The first-order valence-corrected chi connectivity index (χ1v) is 14.0. The summed E-state index contributed by atoms with van der Waals surface area (Å²) in [6, 6.07) is 7.69. The molecule has 3 atom stereocenters. The number of nitrogens with one attached hydrogen (secondary N) is 1. The fraction of sp³-hybridized carbons (Fsp3) is 0.480. The fourth-order valence-electron chi connectivity index (χ4n) is 5.12. The Bertz CT molecular complexity index is 1290. The minimum absolute atomic E-state index is 0.112. The van der Waals surface area contributed by atoms with Gasteiger partial charge in [-0.15, -0.1) is 0 Å². The first-order valence-electron chi connectivity index (χ1n) is 11.7. The number of halogens is 5. The van der Waals surface area contributed by atoms with Gasteiger partial charge in [-0.1, -0.05) is 11.6 Å². The molecule has 2 aliphatic heterocycles. The van der Waals surface area contributed by atoms with Crippen molar-refractivity contribution in [3.63, 3.8) is 0 Å². The third kappa shape index (κ3) is 5.82. The molecule has 12 heteroatoms. The molecule has 6 nitrogen and oxygen atoms in total. The largest absolute Gasteiger partial charge is 0.476 e. The number of piperidine rings is 1. The average Bonchev–Trinajstić information content (AvgIpc) is 3.04. The molecule has 2 aliphatic rings. The van der Waals surface area contributed by atoms with Crippen LogP contribution in [0.4, 0.5) is 23.2 Å². The van der Waals surface area contributed by atoms with Crippen molar-refractivity contribution >= 4 is 33.0 Å². The summed E-state index contributed by atoms with van der Waals surface area (Å²) in [5.74, 6) is -2.58. The Labute approximate surface area is 217 Å². The molecule has 4 rings (SSSR count). The number of carbonyl (C=O) groups excluding carboxylic acids is 1. The van der Waals surface area contributed by atoms with E-state index in [9.17, 15) is 30.8 Å². The number of benzene rings is 2. The number of anilines is 1. The predicted octanol–water partition coefficient (Wildman–Crippen LogP) is 5.38. The van der Waals surface area contributed by atoms with E-state index >= 15 is 0 Å². The van der Waals surface area contributed by atoms with E-state index in [1.54, 1.807) is 24.3 Å². The standard InChI is InChI=1S/C25H27ClF4N2O4S/c1-24(2,36-22-20(25(28,29)30)10-14(27)11-21(22)26)23(33)31-15-12-17-4-5-18(13-15)32(17)16-6-8-19(9-7-16)37(3,34)35/h6-11,15,17-18H,4-5,12-13H2,1-3H3,(H,31,33)/t15?,17-,18+. The number of nitrogens with zero attached hydrogens (tertiary/aromatic N) is 1. The molecule has 2 fully saturated rings. The SMILES string of the molecule is CC(C)(Oc1c(Cl)cc(F)cc1C(F)(F)F)C(=O)NC1C[C@H]2CC[C@@H](C1)N2c1ccc(S(C)(=O)=O)cc1. The van der Waals surface area contributed by atoms with Crippen LogP contribution < -0.4 is 15.0 Å². The lowest BCUT2D eigenvalue weighted by molar-refractivity contribution is -0.144. The van der Waals surface area contributed by atoms with Crippen molar-refractivity contribution < 1.29 is 35.5 Å². The zero-order chi connectivity index (χ0) is 27.3. The zero-order valence-electron chi connectivity index (χ0n) is 20.4. The molecular formula is C25H27ClF4N2O4S. The van der Waals surface area contributed by atoms with Crippen LogP contribution >= 0.6 is 11.6 Å². The monoisotopic (exact) mass is 562 g/mol. The second kappa shape index (κ2) is 9.65. The van der Waals surface area contributed by atoms with E-state index in [-0.39, 0.29) is 29.1 Å². The first kappa shape index (κ1) is 27.5. The van der Waals surface area contributed by atoms with Crippen molar-refractivity contribution in [3.8, 4) is 5.75 Å². The molecule has 0 aliphatic carbocycles. The van der Waals surface area contributed by atoms with Gasteiger partial charge in [0.25, 0.3) is 5.91 Å². The minimum atomic E-state index is -4.93. The zero-order valence-corrected chi connectivity index (χ0v) is 22.0. The number of sulfone groups is 1. The van der Waals surface area contributed by atoms with E-state index in [4.69, 9.17) is 16.3 Å². The fourth-order valence-corrected chi connectivity index (χ4v) is 5.99. The number of carbonyl (C=O) groups is 1. The number of ether oxygens (including phenoxy) is 1. The van der Waals surface area contributed by atoms with Gasteiger partial charge in [0.1, 0.15) is 11.4 Å². The number of rotatable bonds is 6. The van der Waals surface area contributed by atoms with Crippen molar-refractivity contribution in [3.05, 3.63) is 52.8 Å². The molecule has 1 N–H and O–H groups in total. The highest BCUT2D eigenvalue weighted by molar-refractivity contribution is 7.90. The van der Waals surface area contributed by atoms with Crippen molar-refractivity contribution in [2.24, 2.45) is 0 Å².